The lowest BCUT2D eigenvalue weighted by Crippen LogP contribution is -2.16. The maximum absolute atomic E-state index is 2.39. The van der Waals surface area contributed by atoms with E-state index in [0.717, 1.165) is 6.42 Å². The molecule has 0 unspecified atom stereocenters. The third-order valence-corrected chi connectivity index (χ3v) is 5.60. The summed E-state index contributed by atoms with van der Waals surface area (Å²) in [5.41, 5.74) is 8.53. The van der Waals surface area contributed by atoms with Crippen LogP contribution in [0, 0.1) is 3.57 Å². The topological polar surface area (TPSA) is 0 Å². The van der Waals surface area contributed by atoms with Crippen LogP contribution >= 0.6 is 22.6 Å². The zero-order valence-electron chi connectivity index (χ0n) is 14.3. The smallest absolute Gasteiger partial charge is 0.0155 e. The van der Waals surface area contributed by atoms with Crippen LogP contribution < -0.4 is 0 Å². The first-order valence-corrected chi connectivity index (χ1v) is 9.34. The van der Waals surface area contributed by atoms with Gasteiger partial charge >= 0.3 is 0 Å². The monoisotopic (exact) mass is 414 g/mol. The highest BCUT2D eigenvalue weighted by Gasteiger charge is 2.35. The lowest BCUT2D eigenvalue weighted by Gasteiger charge is -2.23. The van der Waals surface area contributed by atoms with Gasteiger partial charge in [-0.25, -0.2) is 0 Å². The summed E-state index contributed by atoms with van der Waals surface area (Å²) in [5.74, 6) is 0. The fourth-order valence-corrected chi connectivity index (χ4v) is 4.03. The molecule has 2 aromatic carbocycles. The number of rotatable bonds is 3. The Bertz CT molecular complexity index is 789. The molecule has 0 nitrogen and oxygen atoms in total. The van der Waals surface area contributed by atoms with Crippen molar-refractivity contribution in [3.8, 4) is 11.1 Å². The predicted molar refractivity (Wildman–Crippen MR) is 110 cm³/mol. The van der Waals surface area contributed by atoms with Gasteiger partial charge in [-0.2, -0.15) is 0 Å². The van der Waals surface area contributed by atoms with Crippen molar-refractivity contribution in [2.45, 2.75) is 39.5 Å². The summed E-state index contributed by atoms with van der Waals surface area (Å²) < 4.78 is 1.28. The van der Waals surface area contributed by atoms with Crippen LogP contribution in [0.25, 0.3) is 16.7 Å². The molecule has 23 heavy (non-hydrogen) atoms. The summed E-state index contributed by atoms with van der Waals surface area (Å²) in [4.78, 5) is 0. The maximum Gasteiger partial charge on any atom is 0.0155 e. The summed E-state index contributed by atoms with van der Waals surface area (Å²) in [6.07, 6.45) is 5.54. The van der Waals surface area contributed by atoms with Gasteiger partial charge in [-0.05, 0) is 87.5 Å². The van der Waals surface area contributed by atoms with Crippen molar-refractivity contribution in [3.05, 3.63) is 74.9 Å². The molecular formula is C22H23I. The molecule has 2 aromatic rings. The molecular weight excluding hydrogens is 391 g/mol. The first kappa shape index (κ1) is 16.5. The predicted octanol–water partition coefficient (Wildman–Crippen LogP) is 6.99. The molecule has 1 heteroatoms. The van der Waals surface area contributed by atoms with Gasteiger partial charge in [0.15, 0.2) is 0 Å². The molecule has 1 aliphatic carbocycles. The summed E-state index contributed by atoms with van der Waals surface area (Å²) in [5, 5.41) is 0. The molecule has 0 amide bonds. The van der Waals surface area contributed by atoms with Crippen LogP contribution in [0.15, 0.2) is 60.2 Å². The first-order valence-electron chi connectivity index (χ1n) is 8.26. The zero-order chi connectivity index (χ0) is 16.6. The molecule has 0 fully saturated rings. The average molecular weight is 414 g/mol. The number of allylic oxidation sites excluding steroid dienone is 4. The summed E-state index contributed by atoms with van der Waals surface area (Å²) >= 11 is 2.36. The second-order valence-corrected chi connectivity index (χ2v) is 7.88. The van der Waals surface area contributed by atoms with E-state index in [0.29, 0.717) is 0 Å². The van der Waals surface area contributed by atoms with E-state index in [1.54, 1.807) is 0 Å². The average Bonchev–Trinajstić information content (AvgIpc) is 2.76. The highest BCUT2D eigenvalue weighted by Crippen LogP contribution is 2.48. The van der Waals surface area contributed by atoms with Crippen LogP contribution in [-0.4, -0.2) is 0 Å². The minimum absolute atomic E-state index is 0.0758. The fourth-order valence-electron chi connectivity index (χ4n) is 3.67. The van der Waals surface area contributed by atoms with E-state index in [9.17, 15) is 0 Å². The molecule has 0 aliphatic heterocycles. The Morgan fingerprint density at radius 1 is 1.00 bits per heavy atom. The Morgan fingerprint density at radius 2 is 1.65 bits per heavy atom. The van der Waals surface area contributed by atoms with Gasteiger partial charge in [0.05, 0.1) is 0 Å². The van der Waals surface area contributed by atoms with E-state index in [4.69, 9.17) is 0 Å². The van der Waals surface area contributed by atoms with Crippen molar-refractivity contribution >= 4 is 28.2 Å². The molecule has 1 aliphatic rings. The van der Waals surface area contributed by atoms with E-state index in [1.165, 1.54) is 37.0 Å². The fraction of sp³-hybridized carbons (Fsp3) is 0.273. The third kappa shape index (κ3) is 2.80. The number of fused-ring (bicyclic) bond motifs is 1. The van der Waals surface area contributed by atoms with Crippen molar-refractivity contribution < 1.29 is 0 Å². The SMILES string of the molecule is C/C=C\C1=C(CC)c2ccc(-c3ccc(I)cc3)cc2C1(C)C. The highest BCUT2D eigenvalue weighted by atomic mass is 127. The van der Waals surface area contributed by atoms with Gasteiger partial charge in [-0.3, -0.25) is 0 Å². The van der Waals surface area contributed by atoms with Crippen molar-refractivity contribution in [1.29, 1.82) is 0 Å². The molecule has 3 rings (SSSR count). The van der Waals surface area contributed by atoms with E-state index in [-0.39, 0.29) is 5.41 Å². The number of halogens is 1. The summed E-state index contributed by atoms with van der Waals surface area (Å²) in [6, 6.07) is 15.8. The van der Waals surface area contributed by atoms with E-state index in [2.05, 4.69) is 105 Å². The van der Waals surface area contributed by atoms with Crippen molar-refractivity contribution in [2.24, 2.45) is 0 Å². The molecule has 0 spiro atoms. The lowest BCUT2D eigenvalue weighted by atomic mass is 9.80. The molecule has 0 saturated heterocycles. The molecule has 0 N–H and O–H groups in total. The van der Waals surface area contributed by atoms with Gasteiger partial charge in [0.2, 0.25) is 0 Å². The van der Waals surface area contributed by atoms with Crippen molar-refractivity contribution in [1.82, 2.24) is 0 Å². The summed E-state index contributed by atoms with van der Waals surface area (Å²) in [7, 11) is 0. The first-order chi connectivity index (χ1) is 11.0. The van der Waals surface area contributed by atoms with Crippen molar-refractivity contribution in [2.75, 3.05) is 0 Å². The second-order valence-electron chi connectivity index (χ2n) is 6.64. The summed E-state index contributed by atoms with van der Waals surface area (Å²) in [6.45, 7) is 9.07. The van der Waals surface area contributed by atoms with Gasteiger partial charge in [0.1, 0.15) is 0 Å². The molecule has 118 valence electrons. The lowest BCUT2D eigenvalue weighted by molar-refractivity contribution is 0.653. The van der Waals surface area contributed by atoms with Gasteiger partial charge in [-0.1, -0.05) is 57.2 Å². The minimum Gasteiger partial charge on any atom is -0.0873 e. The Morgan fingerprint density at radius 3 is 2.26 bits per heavy atom. The van der Waals surface area contributed by atoms with E-state index < -0.39 is 0 Å². The quantitative estimate of drug-likeness (QED) is 0.475. The standard InChI is InChI=1S/C22H23I/c1-5-7-20-18(6-2)19-13-10-16(14-21(19)22(20,3)4)15-8-11-17(23)12-9-15/h5,7-14H,6H2,1-4H3/b7-5-. The molecule has 0 atom stereocenters. The van der Waals surface area contributed by atoms with E-state index >= 15 is 0 Å². The Labute approximate surface area is 153 Å². The normalized spacial score (nSPS) is 16.2. The molecule has 0 heterocycles. The van der Waals surface area contributed by atoms with Crippen LogP contribution in [0.5, 0.6) is 0 Å². The number of benzene rings is 2. The minimum atomic E-state index is 0.0758. The van der Waals surface area contributed by atoms with Gasteiger partial charge in [-0.15, -0.1) is 0 Å². The Kier molecular flexibility index (Phi) is 4.50. The van der Waals surface area contributed by atoms with Crippen LogP contribution in [0.1, 0.15) is 45.2 Å². The maximum atomic E-state index is 2.39. The molecule has 0 radical (unpaired) electrons. The van der Waals surface area contributed by atoms with Crippen LogP contribution in [0.4, 0.5) is 0 Å². The van der Waals surface area contributed by atoms with Gasteiger partial charge in [0.25, 0.3) is 0 Å². The van der Waals surface area contributed by atoms with Gasteiger partial charge < -0.3 is 0 Å². The molecule has 0 saturated carbocycles. The highest BCUT2D eigenvalue weighted by molar-refractivity contribution is 14.1. The van der Waals surface area contributed by atoms with E-state index in [1.807, 2.05) is 0 Å². The zero-order valence-corrected chi connectivity index (χ0v) is 16.4. The molecule has 0 aromatic heterocycles. The second kappa shape index (κ2) is 6.27. The number of hydrogen-bond acceptors (Lipinski definition) is 0. The Hall–Kier alpha value is -1.35. The van der Waals surface area contributed by atoms with Crippen LogP contribution in [0.2, 0.25) is 0 Å². The van der Waals surface area contributed by atoms with Crippen LogP contribution in [0.3, 0.4) is 0 Å². The van der Waals surface area contributed by atoms with Crippen LogP contribution in [-0.2, 0) is 5.41 Å². The van der Waals surface area contributed by atoms with Crippen molar-refractivity contribution in [3.63, 3.8) is 0 Å². The number of hydrogen-bond donors (Lipinski definition) is 0. The van der Waals surface area contributed by atoms with Gasteiger partial charge in [0, 0.05) is 8.99 Å². The Balaban J connectivity index is 2.14. The third-order valence-electron chi connectivity index (χ3n) is 4.88. The molecule has 0 bridgehead atoms. The largest absolute Gasteiger partial charge is 0.0873 e.